The van der Waals surface area contributed by atoms with E-state index in [0.717, 1.165) is 31.6 Å². The van der Waals surface area contributed by atoms with Crippen LogP contribution in [0.4, 0.5) is 18.9 Å². The Hall–Kier alpha value is -2.96. The Morgan fingerprint density at radius 3 is 2.48 bits per heavy atom. The number of aromatic nitrogens is 1. The first-order valence-electron chi connectivity index (χ1n) is 8.68. The molecule has 2 aromatic carbocycles. The minimum absolute atomic E-state index is 0.178. The summed E-state index contributed by atoms with van der Waals surface area (Å²) in [5.74, 6) is -0.353. The summed E-state index contributed by atoms with van der Waals surface area (Å²) >= 11 is 0. The van der Waals surface area contributed by atoms with Gasteiger partial charge in [0.2, 0.25) is 0 Å². The van der Waals surface area contributed by atoms with Crippen LogP contribution in [0, 0.1) is 0 Å². The van der Waals surface area contributed by atoms with Gasteiger partial charge in [-0.25, -0.2) is 0 Å². The molecule has 1 saturated heterocycles. The number of ether oxygens (including phenoxy) is 1. The fraction of sp³-hybridized carbons (Fsp3) is 0.250. The predicted molar refractivity (Wildman–Crippen MR) is 98.1 cm³/mol. The van der Waals surface area contributed by atoms with Gasteiger partial charge in [-0.2, -0.15) is 0 Å². The Morgan fingerprint density at radius 2 is 1.74 bits per heavy atom. The van der Waals surface area contributed by atoms with E-state index in [9.17, 15) is 18.0 Å². The highest BCUT2D eigenvalue weighted by Crippen LogP contribution is 2.33. The maximum atomic E-state index is 12.7. The van der Waals surface area contributed by atoms with Crippen LogP contribution in [0.5, 0.6) is 5.75 Å². The fourth-order valence-corrected chi connectivity index (χ4v) is 3.47. The highest BCUT2D eigenvalue weighted by Gasteiger charge is 2.32. The SMILES string of the molecule is O=c1[nH]c(-c2ccccc2OC(F)(F)F)cc2ccc(N3CCCC3)cc12. The molecule has 0 saturated carbocycles. The van der Waals surface area contributed by atoms with Crippen LogP contribution in [0.15, 0.2) is 53.3 Å². The van der Waals surface area contributed by atoms with Gasteiger partial charge in [-0.1, -0.05) is 18.2 Å². The average molecular weight is 374 g/mol. The summed E-state index contributed by atoms with van der Waals surface area (Å²) in [7, 11) is 0. The number of hydrogen-bond donors (Lipinski definition) is 1. The van der Waals surface area contributed by atoms with Gasteiger partial charge in [0.25, 0.3) is 5.56 Å². The van der Waals surface area contributed by atoms with Crippen LogP contribution in [0.25, 0.3) is 22.0 Å². The Bertz CT molecular complexity index is 1040. The van der Waals surface area contributed by atoms with E-state index in [4.69, 9.17) is 0 Å². The number of alkyl halides is 3. The largest absolute Gasteiger partial charge is 0.573 e. The molecule has 0 spiro atoms. The molecule has 1 aliphatic heterocycles. The van der Waals surface area contributed by atoms with Gasteiger partial charge >= 0.3 is 6.36 Å². The third-order valence-electron chi connectivity index (χ3n) is 4.70. The molecule has 0 bridgehead atoms. The van der Waals surface area contributed by atoms with Gasteiger partial charge in [0.15, 0.2) is 0 Å². The molecule has 4 nitrogen and oxygen atoms in total. The van der Waals surface area contributed by atoms with Gasteiger partial charge in [-0.15, -0.1) is 13.2 Å². The summed E-state index contributed by atoms with van der Waals surface area (Å²) in [6, 6.07) is 13.0. The van der Waals surface area contributed by atoms with Crippen LogP contribution in [0.2, 0.25) is 0 Å². The summed E-state index contributed by atoms with van der Waals surface area (Å²) in [4.78, 5) is 17.5. The van der Waals surface area contributed by atoms with Gasteiger partial charge in [0.1, 0.15) is 5.75 Å². The van der Waals surface area contributed by atoms with Crippen LogP contribution >= 0.6 is 0 Å². The monoisotopic (exact) mass is 374 g/mol. The van der Waals surface area contributed by atoms with Gasteiger partial charge in [0.05, 0.1) is 5.69 Å². The summed E-state index contributed by atoms with van der Waals surface area (Å²) in [6.45, 7) is 1.92. The lowest BCUT2D eigenvalue weighted by atomic mass is 10.1. The van der Waals surface area contributed by atoms with Gasteiger partial charge in [0, 0.05) is 29.7 Å². The number of aromatic amines is 1. The second kappa shape index (κ2) is 6.64. The van der Waals surface area contributed by atoms with Gasteiger partial charge in [-0.05, 0) is 48.6 Å². The Kier molecular flexibility index (Phi) is 4.30. The number of nitrogens with zero attached hydrogens (tertiary/aromatic N) is 1. The van der Waals surface area contributed by atoms with E-state index < -0.39 is 6.36 Å². The van der Waals surface area contributed by atoms with Gasteiger partial charge < -0.3 is 14.6 Å². The van der Waals surface area contributed by atoms with E-state index in [1.807, 2.05) is 18.2 Å². The Morgan fingerprint density at radius 1 is 1.00 bits per heavy atom. The van der Waals surface area contributed by atoms with Crippen LogP contribution < -0.4 is 15.2 Å². The van der Waals surface area contributed by atoms with E-state index in [2.05, 4.69) is 14.6 Å². The van der Waals surface area contributed by atoms with E-state index in [1.54, 1.807) is 12.1 Å². The fourth-order valence-electron chi connectivity index (χ4n) is 3.47. The zero-order chi connectivity index (χ0) is 19.0. The molecule has 7 heteroatoms. The van der Waals surface area contributed by atoms with E-state index in [-0.39, 0.29) is 22.6 Å². The normalized spacial score (nSPS) is 14.7. The molecule has 0 atom stereocenters. The maximum absolute atomic E-state index is 12.7. The van der Waals surface area contributed by atoms with Crippen LogP contribution in [-0.2, 0) is 0 Å². The highest BCUT2D eigenvalue weighted by atomic mass is 19.4. The van der Waals surface area contributed by atoms with Crippen molar-refractivity contribution in [3.63, 3.8) is 0 Å². The number of fused-ring (bicyclic) bond motifs is 1. The second-order valence-corrected chi connectivity index (χ2v) is 6.52. The average Bonchev–Trinajstić information content (AvgIpc) is 3.15. The van der Waals surface area contributed by atoms with E-state index in [0.29, 0.717) is 10.8 Å². The summed E-state index contributed by atoms with van der Waals surface area (Å²) in [5, 5.41) is 1.18. The Labute approximate surface area is 153 Å². The standard InChI is InChI=1S/C20H17F3N2O2/c21-20(22,23)27-18-6-2-1-5-15(18)17-11-13-7-8-14(25-9-3-4-10-25)12-16(13)19(26)24-17/h1-2,5-8,11-12H,3-4,9-10H2,(H,24,26). The summed E-state index contributed by atoms with van der Waals surface area (Å²) < 4.78 is 42.1. The molecule has 1 N–H and O–H groups in total. The lowest BCUT2D eigenvalue weighted by molar-refractivity contribution is -0.274. The topological polar surface area (TPSA) is 45.3 Å². The number of pyridine rings is 1. The first kappa shape index (κ1) is 17.5. The number of anilines is 1. The molecule has 0 aliphatic carbocycles. The highest BCUT2D eigenvalue weighted by molar-refractivity contribution is 5.88. The maximum Gasteiger partial charge on any atom is 0.573 e. The molecule has 1 aliphatic rings. The lowest BCUT2D eigenvalue weighted by Crippen LogP contribution is -2.18. The number of benzene rings is 2. The summed E-state index contributed by atoms with van der Waals surface area (Å²) in [6.07, 6.45) is -2.55. The lowest BCUT2D eigenvalue weighted by Gasteiger charge is -2.18. The third-order valence-corrected chi connectivity index (χ3v) is 4.70. The number of nitrogens with one attached hydrogen (secondary N) is 1. The molecule has 4 rings (SSSR count). The molecule has 2 heterocycles. The van der Waals surface area contributed by atoms with Crippen molar-refractivity contribution < 1.29 is 17.9 Å². The third kappa shape index (κ3) is 3.63. The number of para-hydroxylation sites is 1. The van der Waals surface area contributed by atoms with Crippen molar-refractivity contribution in [1.82, 2.24) is 4.98 Å². The van der Waals surface area contributed by atoms with Crippen molar-refractivity contribution in [2.75, 3.05) is 18.0 Å². The molecule has 0 radical (unpaired) electrons. The van der Waals surface area contributed by atoms with Crippen molar-refractivity contribution in [1.29, 1.82) is 0 Å². The molecule has 1 fully saturated rings. The number of H-pyrrole nitrogens is 1. The molecule has 0 amide bonds. The first-order chi connectivity index (χ1) is 12.9. The molecule has 0 unspecified atom stereocenters. The van der Waals surface area contributed by atoms with E-state index >= 15 is 0 Å². The molecule has 27 heavy (non-hydrogen) atoms. The zero-order valence-corrected chi connectivity index (χ0v) is 14.3. The van der Waals surface area contributed by atoms with Crippen molar-refractivity contribution in [2.45, 2.75) is 19.2 Å². The quantitative estimate of drug-likeness (QED) is 0.723. The molecule has 140 valence electrons. The number of halogens is 3. The molecular weight excluding hydrogens is 357 g/mol. The van der Waals surface area contributed by atoms with E-state index in [1.165, 1.54) is 18.2 Å². The second-order valence-electron chi connectivity index (χ2n) is 6.52. The predicted octanol–water partition coefficient (Wildman–Crippen LogP) is 4.69. The minimum Gasteiger partial charge on any atom is -0.405 e. The smallest absolute Gasteiger partial charge is 0.405 e. The summed E-state index contributed by atoms with van der Waals surface area (Å²) in [5.41, 5.74) is 1.10. The molecular formula is C20H17F3N2O2. The van der Waals surface area contributed by atoms with Gasteiger partial charge in [-0.3, -0.25) is 4.79 Å². The van der Waals surface area contributed by atoms with Crippen molar-refractivity contribution in [2.24, 2.45) is 0 Å². The van der Waals surface area contributed by atoms with Crippen molar-refractivity contribution >= 4 is 16.5 Å². The Balaban J connectivity index is 1.78. The number of hydrogen-bond acceptors (Lipinski definition) is 3. The number of rotatable bonds is 3. The zero-order valence-electron chi connectivity index (χ0n) is 14.3. The minimum atomic E-state index is -4.81. The molecule has 3 aromatic rings. The van der Waals surface area contributed by atoms with Crippen molar-refractivity contribution in [3.8, 4) is 17.0 Å². The van der Waals surface area contributed by atoms with Crippen LogP contribution in [0.3, 0.4) is 0 Å². The van der Waals surface area contributed by atoms with Crippen LogP contribution in [-0.4, -0.2) is 24.4 Å². The first-order valence-corrected chi connectivity index (χ1v) is 8.68. The van der Waals surface area contributed by atoms with Crippen molar-refractivity contribution in [3.05, 3.63) is 58.9 Å². The molecule has 1 aromatic heterocycles. The van der Waals surface area contributed by atoms with Crippen LogP contribution in [0.1, 0.15) is 12.8 Å².